The maximum Gasteiger partial charge on any atom is 0.417 e. The zero-order chi connectivity index (χ0) is 20.2. The minimum Gasteiger partial charge on any atom is -0.454 e. The summed E-state index contributed by atoms with van der Waals surface area (Å²) in [4.78, 5) is 37.1. The van der Waals surface area contributed by atoms with E-state index in [0.29, 0.717) is 11.5 Å². The van der Waals surface area contributed by atoms with E-state index >= 15 is 0 Å². The quantitative estimate of drug-likeness (QED) is 0.772. The van der Waals surface area contributed by atoms with E-state index < -0.39 is 24.1 Å². The van der Waals surface area contributed by atoms with Gasteiger partial charge in [0, 0.05) is 6.54 Å². The van der Waals surface area contributed by atoms with Crippen LogP contribution in [0.25, 0.3) is 0 Å². The molecule has 2 aromatic rings. The number of imide groups is 1. The van der Waals surface area contributed by atoms with Gasteiger partial charge in [-0.25, -0.2) is 14.5 Å². The number of cyclic esters (lactones) is 1. The molecule has 150 valence electrons. The lowest BCUT2D eigenvalue weighted by atomic mass is 10.1. The van der Waals surface area contributed by atoms with E-state index in [1.54, 1.807) is 12.1 Å². The summed E-state index contributed by atoms with van der Waals surface area (Å²) in [6, 6.07) is 13.5. The van der Waals surface area contributed by atoms with Crippen molar-refractivity contribution in [1.29, 1.82) is 0 Å². The van der Waals surface area contributed by atoms with Crippen molar-refractivity contribution in [1.82, 2.24) is 15.5 Å². The molecular formula is C20H19N3O6. The van der Waals surface area contributed by atoms with Crippen LogP contribution in [0.4, 0.5) is 9.59 Å². The second-order valence-electron chi connectivity index (χ2n) is 6.54. The van der Waals surface area contributed by atoms with E-state index in [0.717, 1.165) is 16.0 Å². The van der Waals surface area contributed by atoms with Crippen LogP contribution >= 0.6 is 0 Å². The molecule has 4 rings (SSSR count). The summed E-state index contributed by atoms with van der Waals surface area (Å²) >= 11 is 0. The fraction of sp³-hybridized carbons (Fsp3) is 0.250. The van der Waals surface area contributed by atoms with Gasteiger partial charge in [0.05, 0.1) is 12.6 Å². The van der Waals surface area contributed by atoms with E-state index in [9.17, 15) is 14.4 Å². The zero-order valence-corrected chi connectivity index (χ0v) is 15.4. The molecule has 0 saturated carbocycles. The molecule has 2 N–H and O–H groups in total. The average Bonchev–Trinajstić information content (AvgIpc) is 3.33. The van der Waals surface area contributed by atoms with Crippen molar-refractivity contribution in [2.24, 2.45) is 0 Å². The summed E-state index contributed by atoms with van der Waals surface area (Å²) in [6.07, 6.45) is -0.710. The van der Waals surface area contributed by atoms with Gasteiger partial charge in [-0.3, -0.25) is 4.79 Å². The van der Waals surface area contributed by atoms with Gasteiger partial charge in [-0.1, -0.05) is 36.4 Å². The maximum atomic E-state index is 12.5. The normalized spacial score (nSPS) is 15.8. The van der Waals surface area contributed by atoms with E-state index in [2.05, 4.69) is 10.6 Å². The van der Waals surface area contributed by atoms with Crippen molar-refractivity contribution in [3.05, 3.63) is 59.7 Å². The number of nitrogens with one attached hydrogen (secondary N) is 2. The molecule has 0 aliphatic carbocycles. The Morgan fingerprint density at radius 2 is 1.83 bits per heavy atom. The second kappa shape index (κ2) is 8.09. The van der Waals surface area contributed by atoms with Crippen molar-refractivity contribution in [3.63, 3.8) is 0 Å². The number of amides is 4. The highest BCUT2D eigenvalue weighted by Crippen LogP contribution is 2.32. The first kappa shape index (κ1) is 18.6. The van der Waals surface area contributed by atoms with E-state index in [-0.39, 0.29) is 26.5 Å². The summed E-state index contributed by atoms with van der Waals surface area (Å²) in [6.45, 7) is 0.160. The van der Waals surface area contributed by atoms with Crippen LogP contribution in [-0.4, -0.2) is 42.9 Å². The summed E-state index contributed by atoms with van der Waals surface area (Å²) in [7, 11) is 0. The summed E-state index contributed by atoms with van der Waals surface area (Å²) in [5.74, 6) is 0.876. The first-order chi connectivity index (χ1) is 14.1. The highest BCUT2D eigenvalue weighted by Gasteiger charge is 2.33. The van der Waals surface area contributed by atoms with Gasteiger partial charge in [-0.15, -0.1) is 0 Å². The molecule has 1 fully saturated rings. The lowest BCUT2D eigenvalue weighted by molar-refractivity contribution is -0.126. The van der Waals surface area contributed by atoms with E-state index in [1.807, 2.05) is 36.4 Å². The predicted molar refractivity (Wildman–Crippen MR) is 100 cm³/mol. The van der Waals surface area contributed by atoms with Crippen LogP contribution in [0.2, 0.25) is 0 Å². The SMILES string of the molecule is O=C(NCc1ccc2c(c1)OCO2)N[C@H](CN1C(=O)COC1=O)c1ccccc1. The highest BCUT2D eigenvalue weighted by molar-refractivity contribution is 5.97. The van der Waals surface area contributed by atoms with Gasteiger partial charge in [-0.2, -0.15) is 0 Å². The fourth-order valence-corrected chi connectivity index (χ4v) is 3.10. The van der Waals surface area contributed by atoms with Gasteiger partial charge in [0.15, 0.2) is 18.1 Å². The molecule has 2 aliphatic heterocycles. The third-order valence-electron chi connectivity index (χ3n) is 4.60. The number of rotatable bonds is 6. The Labute approximate surface area is 166 Å². The number of nitrogens with zero attached hydrogens (tertiary/aromatic N) is 1. The number of carbonyl (C=O) groups is 3. The monoisotopic (exact) mass is 397 g/mol. The molecule has 0 radical (unpaired) electrons. The second-order valence-corrected chi connectivity index (χ2v) is 6.54. The minimum atomic E-state index is -0.710. The van der Waals surface area contributed by atoms with Crippen LogP contribution in [0.1, 0.15) is 17.2 Å². The van der Waals surface area contributed by atoms with Crippen molar-refractivity contribution in [3.8, 4) is 11.5 Å². The molecule has 2 aromatic carbocycles. The van der Waals surface area contributed by atoms with Gasteiger partial charge < -0.3 is 24.8 Å². The number of fused-ring (bicyclic) bond motifs is 1. The number of hydrogen-bond acceptors (Lipinski definition) is 6. The van der Waals surface area contributed by atoms with Crippen LogP contribution in [-0.2, 0) is 16.1 Å². The van der Waals surface area contributed by atoms with Crippen molar-refractivity contribution < 1.29 is 28.6 Å². The van der Waals surface area contributed by atoms with Crippen molar-refractivity contribution >= 4 is 18.0 Å². The van der Waals surface area contributed by atoms with Crippen LogP contribution < -0.4 is 20.1 Å². The molecule has 29 heavy (non-hydrogen) atoms. The Morgan fingerprint density at radius 3 is 2.59 bits per heavy atom. The molecule has 0 bridgehead atoms. The average molecular weight is 397 g/mol. The number of benzene rings is 2. The van der Waals surface area contributed by atoms with Gasteiger partial charge in [0.1, 0.15) is 0 Å². The summed E-state index contributed by atoms with van der Waals surface area (Å²) in [5, 5.41) is 5.59. The Balaban J connectivity index is 1.40. The molecule has 2 heterocycles. The lowest BCUT2D eigenvalue weighted by Crippen LogP contribution is -2.43. The van der Waals surface area contributed by atoms with Gasteiger partial charge in [-0.05, 0) is 23.3 Å². The standard InChI is InChI=1S/C20H19N3O6/c24-18-11-27-20(26)23(18)10-15(14-4-2-1-3-5-14)22-19(25)21-9-13-6-7-16-17(8-13)29-12-28-16/h1-8,15H,9-12H2,(H2,21,22,25)/t15-/m1/s1. The van der Waals surface area contributed by atoms with Crippen molar-refractivity contribution in [2.75, 3.05) is 19.9 Å². The Bertz CT molecular complexity index is 917. The molecule has 0 unspecified atom stereocenters. The number of hydrogen-bond donors (Lipinski definition) is 2. The molecule has 0 spiro atoms. The number of ether oxygens (including phenoxy) is 3. The summed E-state index contributed by atoms with van der Waals surface area (Å²) in [5.41, 5.74) is 1.61. The molecule has 2 aliphatic rings. The molecule has 1 atom stereocenters. The highest BCUT2D eigenvalue weighted by atomic mass is 16.7. The van der Waals surface area contributed by atoms with Crippen LogP contribution in [0.5, 0.6) is 11.5 Å². The van der Waals surface area contributed by atoms with Crippen LogP contribution in [0.15, 0.2) is 48.5 Å². The predicted octanol–water partition coefficient (Wildman–Crippen LogP) is 1.93. The molecule has 9 nitrogen and oxygen atoms in total. The summed E-state index contributed by atoms with van der Waals surface area (Å²) < 4.78 is 15.3. The molecule has 4 amide bonds. The molecular weight excluding hydrogens is 378 g/mol. The van der Waals surface area contributed by atoms with Crippen molar-refractivity contribution in [2.45, 2.75) is 12.6 Å². The van der Waals surface area contributed by atoms with E-state index in [1.165, 1.54) is 0 Å². The Hall–Kier alpha value is -3.75. The first-order valence-corrected chi connectivity index (χ1v) is 9.05. The fourth-order valence-electron chi connectivity index (χ4n) is 3.10. The first-order valence-electron chi connectivity index (χ1n) is 9.05. The van der Waals surface area contributed by atoms with Gasteiger partial charge in [0.25, 0.3) is 5.91 Å². The Morgan fingerprint density at radius 1 is 1.03 bits per heavy atom. The van der Waals surface area contributed by atoms with E-state index in [4.69, 9.17) is 14.2 Å². The van der Waals surface area contributed by atoms with Gasteiger partial charge in [0.2, 0.25) is 6.79 Å². The molecule has 0 aromatic heterocycles. The Kier molecular flexibility index (Phi) is 5.19. The topological polar surface area (TPSA) is 106 Å². The minimum absolute atomic E-state index is 0.0148. The van der Waals surface area contributed by atoms with Gasteiger partial charge >= 0.3 is 12.1 Å². The number of urea groups is 1. The third kappa shape index (κ3) is 4.23. The van der Waals surface area contributed by atoms with Crippen LogP contribution in [0.3, 0.4) is 0 Å². The third-order valence-corrected chi connectivity index (χ3v) is 4.60. The largest absolute Gasteiger partial charge is 0.454 e. The lowest BCUT2D eigenvalue weighted by Gasteiger charge is -2.23. The molecule has 9 heteroatoms. The van der Waals surface area contributed by atoms with Crippen LogP contribution in [0, 0.1) is 0 Å². The number of carbonyl (C=O) groups excluding carboxylic acids is 3. The zero-order valence-electron chi connectivity index (χ0n) is 15.4. The maximum absolute atomic E-state index is 12.5. The molecule has 1 saturated heterocycles. The smallest absolute Gasteiger partial charge is 0.417 e.